The maximum absolute atomic E-state index is 13.2. The maximum atomic E-state index is 13.2. The summed E-state index contributed by atoms with van der Waals surface area (Å²) >= 11 is 12.2. The van der Waals surface area contributed by atoms with Gasteiger partial charge in [0, 0.05) is 21.4 Å². The molecule has 138 valence electrons. The van der Waals surface area contributed by atoms with E-state index >= 15 is 0 Å². The summed E-state index contributed by atoms with van der Waals surface area (Å²) in [5.74, 6) is -0.892. The molecule has 0 bridgehead atoms. The molecular weight excluding hydrogens is 385 g/mol. The van der Waals surface area contributed by atoms with E-state index in [0.717, 1.165) is 5.56 Å². The Kier molecular flexibility index (Phi) is 5.40. The van der Waals surface area contributed by atoms with Gasteiger partial charge in [-0.25, -0.2) is 4.79 Å². The summed E-state index contributed by atoms with van der Waals surface area (Å²) in [6.45, 7) is 3.66. The highest BCUT2D eigenvalue weighted by Crippen LogP contribution is 2.36. The van der Waals surface area contributed by atoms with Crippen molar-refractivity contribution in [3.05, 3.63) is 80.5 Å². The number of carbonyl (C=O) groups excluding carboxylic acids is 2. The van der Waals surface area contributed by atoms with Crippen molar-refractivity contribution < 1.29 is 14.3 Å². The Balaban J connectivity index is 2.17. The van der Waals surface area contributed by atoms with Gasteiger partial charge in [-0.1, -0.05) is 41.4 Å². The monoisotopic (exact) mass is 401 g/mol. The Labute approximate surface area is 167 Å². The molecule has 1 aliphatic rings. The third-order valence-corrected chi connectivity index (χ3v) is 4.87. The maximum Gasteiger partial charge on any atom is 0.340 e. The van der Waals surface area contributed by atoms with Crippen molar-refractivity contribution in [2.45, 2.75) is 13.8 Å². The van der Waals surface area contributed by atoms with Gasteiger partial charge in [-0.15, -0.1) is 0 Å². The molecule has 3 rings (SSSR count). The van der Waals surface area contributed by atoms with E-state index in [1.165, 1.54) is 12.0 Å². The molecule has 4 nitrogen and oxygen atoms in total. The number of esters is 1. The van der Waals surface area contributed by atoms with Gasteiger partial charge >= 0.3 is 5.97 Å². The number of hydrogen-bond donors (Lipinski definition) is 0. The first-order chi connectivity index (χ1) is 12.8. The summed E-state index contributed by atoms with van der Waals surface area (Å²) in [5.41, 5.74) is 3.23. The molecule has 0 unspecified atom stereocenters. The summed E-state index contributed by atoms with van der Waals surface area (Å²) in [6, 6.07) is 12.5. The standard InChI is InChI=1S/C21H17Cl2NO3/c1-12-5-4-6-16(9-12)24-13(2)19(21(26)27-3)17(20(24)25)10-14-7-8-15(22)11-18(14)23/h4-11H,1-3H3/b17-10-. The number of carbonyl (C=O) groups is 2. The lowest BCUT2D eigenvalue weighted by atomic mass is 10.0. The second-order valence-electron chi connectivity index (χ2n) is 6.16. The van der Waals surface area contributed by atoms with E-state index < -0.39 is 5.97 Å². The molecule has 1 heterocycles. The number of nitrogens with zero attached hydrogens (tertiary/aromatic N) is 1. The van der Waals surface area contributed by atoms with Crippen LogP contribution in [0.15, 0.2) is 59.3 Å². The number of aryl methyl sites for hydroxylation is 1. The van der Waals surface area contributed by atoms with Crippen molar-refractivity contribution in [2.75, 3.05) is 12.0 Å². The fourth-order valence-corrected chi connectivity index (χ4v) is 3.50. The minimum absolute atomic E-state index is 0.218. The van der Waals surface area contributed by atoms with Crippen LogP contribution in [-0.2, 0) is 14.3 Å². The number of benzene rings is 2. The largest absolute Gasteiger partial charge is 0.465 e. The fourth-order valence-electron chi connectivity index (χ4n) is 3.03. The molecule has 27 heavy (non-hydrogen) atoms. The zero-order valence-electron chi connectivity index (χ0n) is 15.0. The molecule has 1 aliphatic heterocycles. The molecule has 1 amide bonds. The number of allylic oxidation sites excluding steroid dienone is 1. The lowest BCUT2D eigenvalue weighted by Gasteiger charge is -2.18. The predicted octanol–water partition coefficient (Wildman–Crippen LogP) is 5.18. The lowest BCUT2D eigenvalue weighted by Crippen LogP contribution is -2.24. The summed E-state index contributed by atoms with van der Waals surface area (Å²) in [6.07, 6.45) is 1.59. The van der Waals surface area contributed by atoms with Crippen LogP contribution in [0.25, 0.3) is 6.08 Å². The summed E-state index contributed by atoms with van der Waals surface area (Å²) in [7, 11) is 1.29. The molecule has 0 saturated carbocycles. The van der Waals surface area contributed by atoms with Gasteiger partial charge in [0.15, 0.2) is 0 Å². The van der Waals surface area contributed by atoms with E-state index in [-0.39, 0.29) is 17.1 Å². The Morgan fingerprint density at radius 1 is 1.11 bits per heavy atom. The number of methoxy groups -OCH3 is 1. The molecular formula is C21H17Cl2NO3. The van der Waals surface area contributed by atoms with Crippen molar-refractivity contribution in [1.29, 1.82) is 0 Å². The van der Waals surface area contributed by atoms with Crippen molar-refractivity contribution >= 4 is 46.8 Å². The lowest BCUT2D eigenvalue weighted by molar-refractivity contribution is -0.136. The van der Waals surface area contributed by atoms with Crippen LogP contribution in [0.1, 0.15) is 18.1 Å². The summed E-state index contributed by atoms with van der Waals surface area (Å²) in [4.78, 5) is 27.1. The van der Waals surface area contributed by atoms with Crippen LogP contribution in [-0.4, -0.2) is 19.0 Å². The van der Waals surface area contributed by atoms with Gasteiger partial charge in [-0.2, -0.15) is 0 Å². The van der Waals surface area contributed by atoms with Gasteiger partial charge in [0.25, 0.3) is 5.91 Å². The number of rotatable bonds is 3. The van der Waals surface area contributed by atoms with Crippen LogP contribution in [0.2, 0.25) is 10.0 Å². The van der Waals surface area contributed by atoms with Gasteiger partial charge in [-0.3, -0.25) is 9.69 Å². The van der Waals surface area contributed by atoms with Crippen LogP contribution in [0.4, 0.5) is 5.69 Å². The van der Waals surface area contributed by atoms with E-state index in [2.05, 4.69) is 0 Å². The Morgan fingerprint density at radius 3 is 2.48 bits per heavy atom. The molecule has 2 aromatic rings. The molecule has 0 fully saturated rings. The second kappa shape index (κ2) is 7.59. The Bertz CT molecular complexity index is 1010. The third kappa shape index (κ3) is 3.64. The normalized spacial score (nSPS) is 15.7. The molecule has 0 aliphatic carbocycles. The zero-order valence-corrected chi connectivity index (χ0v) is 16.6. The average molecular weight is 402 g/mol. The second-order valence-corrected chi connectivity index (χ2v) is 7.00. The van der Waals surface area contributed by atoms with E-state index in [4.69, 9.17) is 27.9 Å². The molecule has 0 N–H and O–H groups in total. The number of amides is 1. The first-order valence-corrected chi connectivity index (χ1v) is 8.96. The molecule has 0 atom stereocenters. The van der Waals surface area contributed by atoms with E-state index in [9.17, 15) is 9.59 Å². The molecule has 0 radical (unpaired) electrons. The first-order valence-electron chi connectivity index (χ1n) is 8.21. The SMILES string of the molecule is COC(=O)C1=C(C)N(c2cccc(C)c2)C(=O)/C1=C\c1ccc(Cl)cc1Cl. The number of ether oxygens (including phenoxy) is 1. The van der Waals surface area contributed by atoms with Crippen molar-refractivity contribution in [2.24, 2.45) is 0 Å². The fraction of sp³-hybridized carbons (Fsp3) is 0.143. The Morgan fingerprint density at radius 2 is 1.85 bits per heavy atom. The van der Waals surface area contributed by atoms with Crippen LogP contribution in [0.3, 0.4) is 0 Å². The number of hydrogen-bond acceptors (Lipinski definition) is 3. The number of anilines is 1. The average Bonchev–Trinajstić information content (AvgIpc) is 2.87. The summed E-state index contributed by atoms with van der Waals surface area (Å²) < 4.78 is 4.91. The molecule has 0 aromatic heterocycles. The van der Waals surface area contributed by atoms with Gasteiger partial charge in [0.2, 0.25) is 0 Å². The molecule has 6 heteroatoms. The van der Waals surface area contributed by atoms with Crippen LogP contribution >= 0.6 is 23.2 Å². The van der Waals surface area contributed by atoms with Crippen molar-refractivity contribution in [1.82, 2.24) is 0 Å². The number of halogens is 2. The molecule has 0 saturated heterocycles. The molecule has 0 spiro atoms. The minimum atomic E-state index is -0.577. The summed E-state index contributed by atoms with van der Waals surface area (Å²) in [5, 5.41) is 0.875. The van der Waals surface area contributed by atoms with E-state index in [1.54, 1.807) is 31.2 Å². The third-order valence-electron chi connectivity index (χ3n) is 4.31. The van der Waals surface area contributed by atoms with Crippen LogP contribution < -0.4 is 4.90 Å². The van der Waals surface area contributed by atoms with E-state index in [0.29, 0.717) is 27.0 Å². The van der Waals surface area contributed by atoms with Crippen LogP contribution in [0.5, 0.6) is 0 Å². The van der Waals surface area contributed by atoms with Gasteiger partial charge < -0.3 is 4.74 Å². The molecule has 2 aromatic carbocycles. The highest BCUT2D eigenvalue weighted by atomic mass is 35.5. The minimum Gasteiger partial charge on any atom is -0.465 e. The topological polar surface area (TPSA) is 46.6 Å². The van der Waals surface area contributed by atoms with Crippen molar-refractivity contribution in [3.63, 3.8) is 0 Å². The smallest absolute Gasteiger partial charge is 0.340 e. The van der Waals surface area contributed by atoms with E-state index in [1.807, 2.05) is 31.2 Å². The highest BCUT2D eigenvalue weighted by Gasteiger charge is 2.38. The van der Waals surface area contributed by atoms with Crippen LogP contribution in [0, 0.1) is 6.92 Å². The van der Waals surface area contributed by atoms with Crippen molar-refractivity contribution in [3.8, 4) is 0 Å². The highest BCUT2D eigenvalue weighted by molar-refractivity contribution is 6.36. The quantitative estimate of drug-likeness (QED) is 0.525. The Hall–Kier alpha value is -2.56. The van der Waals surface area contributed by atoms with Gasteiger partial charge in [0.1, 0.15) is 0 Å². The zero-order chi connectivity index (χ0) is 19.7. The van der Waals surface area contributed by atoms with Gasteiger partial charge in [-0.05, 0) is 55.3 Å². The van der Waals surface area contributed by atoms with Gasteiger partial charge in [0.05, 0.1) is 18.3 Å². The first kappa shape index (κ1) is 19.2. The predicted molar refractivity (Wildman–Crippen MR) is 108 cm³/mol.